The molecule has 0 bridgehead atoms. The first-order chi connectivity index (χ1) is 5.59. The van der Waals surface area contributed by atoms with Crippen LogP contribution in [0.15, 0.2) is 12.1 Å². The van der Waals surface area contributed by atoms with Gasteiger partial charge in [-0.1, -0.05) is 0 Å². The van der Waals surface area contributed by atoms with Crippen molar-refractivity contribution in [2.75, 3.05) is 11.1 Å². The molecule has 0 aliphatic carbocycles. The molecule has 1 heterocycles. The number of nitrogens with zero attached hydrogens (tertiary/aromatic N) is 1. The van der Waals surface area contributed by atoms with Crippen LogP contribution in [0.4, 0.5) is 11.5 Å². The van der Waals surface area contributed by atoms with Gasteiger partial charge in [0.25, 0.3) is 0 Å². The van der Waals surface area contributed by atoms with E-state index in [1.54, 1.807) is 19.1 Å². The fourth-order valence-corrected chi connectivity index (χ4v) is 0.902. The summed E-state index contributed by atoms with van der Waals surface area (Å²) in [7, 11) is 0. The zero-order valence-corrected chi connectivity index (χ0v) is 7.09. The summed E-state index contributed by atoms with van der Waals surface area (Å²) < 4.78 is 0. The predicted octanol–water partition coefficient (Wildman–Crippen LogP) is 0.931. The van der Waals surface area contributed by atoms with Crippen molar-refractivity contribution in [1.82, 2.24) is 4.98 Å². The molecule has 0 saturated heterocycles. The van der Waals surface area contributed by atoms with Crippen LogP contribution in [0.5, 0.6) is 0 Å². The van der Waals surface area contributed by atoms with E-state index in [-0.39, 0.29) is 5.91 Å². The molecule has 0 spiro atoms. The molecular weight excluding hydrogens is 154 g/mol. The van der Waals surface area contributed by atoms with E-state index in [4.69, 9.17) is 5.73 Å². The second kappa shape index (κ2) is 3.21. The van der Waals surface area contributed by atoms with Crippen molar-refractivity contribution in [1.29, 1.82) is 0 Å². The largest absolute Gasteiger partial charge is 0.384 e. The van der Waals surface area contributed by atoms with Gasteiger partial charge in [0, 0.05) is 6.92 Å². The smallest absolute Gasteiger partial charge is 0.221 e. The normalized spacial score (nSPS) is 9.50. The van der Waals surface area contributed by atoms with Crippen LogP contribution in [-0.2, 0) is 4.79 Å². The van der Waals surface area contributed by atoms with Crippen molar-refractivity contribution in [3.8, 4) is 0 Å². The number of rotatable bonds is 1. The van der Waals surface area contributed by atoms with E-state index in [1.807, 2.05) is 0 Å². The van der Waals surface area contributed by atoms with Crippen molar-refractivity contribution < 1.29 is 4.79 Å². The molecule has 0 fully saturated rings. The van der Waals surface area contributed by atoms with E-state index in [0.29, 0.717) is 11.5 Å². The number of carbonyl (C=O) groups is 1. The highest BCUT2D eigenvalue weighted by molar-refractivity contribution is 5.89. The summed E-state index contributed by atoms with van der Waals surface area (Å²) >= 11 is 0. The number of pyridine rings is 1. The summed E-state index contributed by atoms with van der Waals surface area (Å²) in [5.41, 5.74) is 6.87. The number of nitrogens with two attached hydrogens (primary N) is 1. The number of anilines is 2. The minimum atomic E-state index is -0.107. The number of aromatic nitrogens is 1. The fraction of sp³-hybridized carbons (Fsp3) is 0.250. The molecule has 1 aromatic heterocycles. The highest BCUT2D eigenvalue weighted by Gasteiger charge is 2.00. The molecule has 0 aromatic carbocycles. The van der Waals surface area contributed by atoms with Crippen molar-refractivity contribution in [2.24, 2.45) is 0 Å². The second-order valence-electron chi connectivity index (χ2n) is 2.55. The lowest BCUT2D eigenvalue weighted by molar-refractivity contribution is -0.114. The third kappa shape index (κ3) is 1.95. The molecule has 1 amide bonds. The quantitative estimate of drug-likeness (QED) is 0.650. The van der Waals surface area contributed by atoms with Gasteiger partial charge in [0.1, 0.15) is 5.82 Å². The van der Waals surface area contributed by atoms with Crippen LogP contribution in [0.3, 0.4) is 0 Å². The zero-order chi connectivity index (χ0) is 9.14. The van der Waals surface area contributed by atoms with Gasteiger partial charge in [0.15, 0.2) is 0 Å². The van der Waals surface area contributed by atoms with Crippen LogP contribution in [0.1, 0.15) is 12.6 Å². The van der Waals surface area contributed by atoms with E-state index in [2.05, 4.69) is 10.3 Å². The fourth-order valence-electron chi connectivity index (χ4n) is 0.902. The van der Waals surface area contributed by atoms with Crippen molar-refractivity contribution in [3.63, 3.8) is 0 Å². The van der Waals surface area contributed by atoms with Crippen molar-refractivity contribution in [2.45, 2.75) is 13.8 Å². The van der Waals surface area contributed by atoms with E-state index >= 15 is 0 Å². The van der Waals surface area contributed by atoms with E-state index < -0.39 is 0 Å². The first-order valence-corrected chi connectivity index (χ1v) is 3.60. The Morgan fingerprint density at radius 1 is 1.58 bits per heavy atom. The molecule has 0 unspecified atom stereocenters. The minimum absolute atomic E-state index is 0.107. The number of aryl methyl sites for hydroxylation is 1. The molecule has 0 radical (unpaired) electrons. The van der Waals surface area contributed by atoms with Crippen molar-refractivity contribution in [3.05, 3.63) is 17.8 Å². The molecule has 1 rings (SSSR count). The Labute approximate surface area is 70.8 Å². The molecule has 64 valence electrons. The molecule has 4 nitrogen and oxygen atoms in total. The summed E-state index contributed by atoms with van der Waals surface area (Å²) in [6.07, 6.45) is 0. The Morgan fingerprint density at radius 3 is 2.75 bits per heavy atom. The number of hydrogen-bond acceptors (Lipinski definition) is 3. The van der Waals surface area contributed by atoms with Crippen LogP contribution in [0.2, 0.25) is 0 Å². The molecule has 0 atom stereocenters. The number of hydrogen-bond donors (Lipinski definition) is 2. The van der Waals surface area contributed by atoms with Gasteiger partial charge >= 0.3 is 0 Å². The number of nitrogen functional groups attached to an aromatic ring is 1. The Kier molecular flexibility index (Phi) is 2.28. The van der Waals surface area contributed by atoms with Gasteiger partial charge in [-0.05, 0) is 19.1 Å². The lowest BCUT2D eigenvalue weighted by Gasteiger charge is -2.04. The zero-order valence-electron chi connectivity index (χ0n) is 7.09. The SMILES string of the molecule is CC(=O)Nc1ccc(N)nc1C. The van der Waals surface area contributed by atoms with Gasteiger partial charge in [-0.3, -0.25) is 4.79 Å². The maximum absolute atomic E-state index is 10.7. The van der Waals surface area contributed by atoms with Gasteiger partial charge in [0.05, 0.1) is 11.4 Å². The molecule has 0 aliphatic heterocycles. The molecule has 0 saturated carbocycles. The lowest BCUT2D eigenvalue weighted by Crippen LogP contribution is -2.08. The van der Waals surface area contributed by atoms with Gasteiger partial charge in [0.2, 0.25) is 5.91 Å². The second-order valence-corrected chi connectivity index (χ2v) is 2.55. The highest BCUT2D eigenvalue weighted by atomic mass is 16.1. The first kappa shape index (κ1) is 8.52. The summed E-state index contributed by atoms with van der Waals surface area (Å²) in [5, 5.41) is 2.64. The number of amides is 1. The monoisotopic (exact) mass is 165 g/mol. The topological polar surface area (TPSA) is 68.0 Å². The Morgan fingerprint density at radius 2 is 2.25 bits per heavy atom. The minimum Gasteiger partial charge on any atom is -0.384 e. The maximum Gasteiger partial charge on any atom is 0.221 e. The maximum atomic E-state index is 10.7. The van der Waals surface area contributed by atoms with Crippen LogP contribution in [0.25, 0.3) is 0 Å². The van der Waals surface area contributed by atoms with Crippen LogP contribution < -0.4 is 11.1 Å². The Hall–Kier alpha value is -1.58. The van der Waals surface area contributed by atoms with Gasteiger partial charge < -0.3 is 11.1 Å². The highest BCUT2D eigenvalue weighted by Crippen LogP contribution is 2.13. The van der Waals surface area contributed by atoms with Crippen LogP contribution in [0, 0.1) is 6.92 Å². The number of carbonyl (C=O) groups excluding carboxylic acids is 1. The Balaban J connectivity index is 2.93. The van der Waals surface area contributed by atoms with Gasteiger partial charge in [-0.2, -0.15) is 0 Å². The van der Waals surface area contributed by atoms with Gasteiger partial charge in [-0.25, -0.2) is 4.98 Å². The standard InChI is InChI=1S/C8H11N3O/c1-5-7(11-6(2)12)3-4-8(9)10-5/h3-4H,1-2H3,(H2,9,10)(H,11,12). The van der Waals surface area contributed by atoms with Crippen LogP contribution in [-0.4, -0.2) is 10.9 Å². The van der Waals surface area contributed by atoms with Gasteiger partial charge in [-0.15, -0.1) is 0 Å². The lowest BCUT2D eigenvalue weighted by atomic mass is 10.3. The van der Waals surface area contributed by atoms with E-state index in [0.717, 1.165) is 5.69 Å². The van der Waals surface area contributed by atoms with E-state index in [1.165, 1.54) is 6.92 Å². The molecule has 0 aliphatic rings. The van der Waals surface area contributed by atoms with E-state index in [9.17, 15) is 4.79 Å². The first-order valence-electron chi connectivity index (χ1n) is 3.60. The van der Waals surface area contributed by atoms with Crippen molar-refractivity contribution >= 4 is 17.4 Å². The predicted molar refractivity (Wildman–Crippen MR) is 47.7 cm³/mol. The average molecular weight is 165 g/mol. The third-order valence-corrected chi connectivity index (χ3v) is 1.42. The average Bonchev–Trinajstić information content (AvgIpc) is 1.94. The molecule has 3 N–H and O–H groups in total. The Bertz CT molecular complexity index is 309. The summed E-state index contributed by atoms with van der Waals surface area (Å²) in [5.74, 6) is 0.353. The third-order valence-electron chi connectivity index (χ3n) is 1.42. The molecule has 4 heteroatoms. The summed E-state index contributed by atoms with van der Waals surface area (Å²) in [6.45, 7) is 3.25. The molecular formula is C8H11N3O. The number of nitrogens with one attached hydrogen (secondary N) is 1. The molecule has 1 aromatic rings. The molecule has 12 heavy (non-hydrogen) atoms. The van der Waals surface area contributed by atoms with Crippen LogP contribution >= 0.6 is 0 Å². The summed E-state index contributed by atoms with van der Waals surface area (Å²) in [4.78, 5) is 14.7. The summed E-state index contributed by atoms with van der Waals surface area (Å²) in [6, 6.07) is 3.39.